The summed E-state index contributed by atoms with van der Waals surface area (Å²) in [5.41, 5.74) is 1.98. The van der Waals surface area contributed by atoms with Crippen LogP contribution in [0.2, 0.25) is 0 Å². The van der Waals surface area contributed by atoms with Gasteiger partial charge in [0.05, 0.1) is 18.3 Å². The van der Waals surface area contributed by atoms with Crippen molar-refractivity contribution in [2.75, 3.05) is 31.7 Å². The molecule has 0 amide bonds. The maximum atomic E-state index is 9.68. The fourth-order valence-corrected chi connectivity index (χ4v) is 3.33. The summed E-state index contributed by atoms with van der Waals surface area (Å²) in [5, 5.41) is 10.7. The molecule has 0 atom stereocenters. The molecule has 5 heteroatoms. The van der Waals surface area contributed by atoms with Gasteiger partial charge in [0.25, 0.3) is 0 Å². The second-order valence-corrected chi connectivity index (χ2v) is 6.49. The van der Waals surface area contributed by atoms with Crippen molar-refractivity contribution in [2.45, 2.75) is 33.1 Å². The van der Waals surface area contributed by atoms with E-state index in [2.05, 4.69) is 11.8 Å². The van der Waals surface area contributed by atoms with Crippen LogP contribution in [0.5, 0.6) is 5.75 Å². The SMILES string of the molecule is CCC1(CO)CCN(c2nc(C)c3ccc(OC)cc3n2)CC1. The first-order valence-electron chi connectivity index (χ1n) is 8.29. The summed E-state index contributed by atoms with van der Waals surface area (Å²) in [6, 6.07) is 5.91. The van der Waals surface area contributed by atoms with Crippen LogP contribution in [0.15, 0.2) is 18.2 Å². The maximum Gasteiger partial charge on any atom is 0.226 e. The first-order valence-corrected chi connectivity index (χ1v) is 8.29. The summed E-state index contributed by atoms with van der Waals surface area (Å²) in [6.07, 6.45) is 2.99. The smallest absolute Gasteiger partial charge is 0.226 e. The minimum absolute atomic E-state index is 0.0750. The number of hydrogen-bond donors (Lipinski definition) is 1. The third-order valence-corrected chi connectivity index (χ3v) is 5.28. The Labute approximate surface area is 137 Å². The number of nitrogens with zero attached hydrogens (tertiary/aromatic N) is 3. The summed E-state index contributed by atoms with van der Waals surface area (Å²) in [4.78, 5) is 11.7. The molecular weight excluding hydrogens is 290 g/mol. The fourth-order valence-electron chi connectivity index (χ4n) is 3.33. The molecule has 0 saturated carbocycles. The molecule has 5 nitrogen and oxygen atoms in total. The number of methoxy groups -OCH3 is 1. The molecule has 23 heavy (non-hydrogen) atoms. The van der Waals surface area contributed by atoms with Gasteiger partial charge in [-0.15, -0.1) is 0 Å². The molecule has 0 unspecified atom stereocenters. The molecule has 1 aliphatic rings. The van der Waals surface area contributed by atoms with Gasteiger partial charge in [-0.05, 0) is 43.7 Å². The Kier molecular flexibility index (Phi) is 4.39. The van der Waals surface area contributed by atoms with E-state index in [1.165, 1.54) is 0 Å². The van der Waals surface area contributed by atoms with Gasteiger partial charge in [0.15, 0.2) is 0 Å². The predicted molar refractivity (Wildman–Crippen MR) is 92.1 cm³/mol. The molecule has 0 spiro atoms. The average molecular weight is 315 g/mol. The number of aryl methyl sites for hydroxylation is 1. The van der Waals surface area contributed by atoms with Crippen molar-refractivity contribution >= 4 is 16.9 Å². The van der Waals surface area contributed by atoms with Crippen molar-refractivity contribution < 1.29 is 9.84 Å². The van der Waals surface area contributed by atoms with Gasteiger partial charge in [0, 0.05) is 31.1 Å². The average Bonchev–Trinajstić information content (AvgIpc) is 2.61. The third kappa shape index (κ3) is 2.98. The minimum atomic E-state index is 0.0750. The van der Waals surface area contributed by atoms with E-state index in [1.807, 2.05) is 25.1 Å². The van der Waals surface area contributed by atoms with E-state index in [4.69, 9.17) is 14.7 Å². The number of aliphatic hydroxyl groups is 1. The lowest BCUT2D eigenvalue weighted by Gasteiger charge is -2.40. The van der Waals surface area contributed by atoms with E-state index in [0.717, 1.165) is 60.6 Å². The van der Waals surface area contributed by atoms with Gasteiger partial charge < -0.3 is 14.7 Å². The molecule has 3 rings (SSSR count). The van der Waals surface area contributed by atoms with Crippen molar-refractivity contribution in [3.05, 3.63) is 23.9 Å². The zero-order valence-electron chi connectivity index (χ0n) is 14.2. The van der Waals surface area contributed by atoms with Gasteiger partial charge >= 0.3 is 0 Å². The van der Waals surface area contributed by atoms with Crippen LogP contribution in [-0.2, 0) is 0 Å². The fraction of sp³-hybridized carbons (Fsp3) is 0.556. The van der Waals surface area contributed by atoms with Gasteiger partial charge in [0.1, 0.15) is 5.75 Å². The Morgan fingerprint density at radius 1 is 1.26 bits per heavy atom. The molecule has 1 aromatic carbocycles. The number of hydrogen-bond acceptors (Lipinski definition) is 5. The normalized spacial score (nSPS) is 17.5. The Morgan fingerprint density at radius 2 is 2.00 bits per heavy atom. The highest BCUT2D eigenvalue weighted by atomic mass is 16.5. The van der Waals surface area contributed by atoms with Crippen molar-refractivity contribution in [1.29, 1.82) is 0 Å². The number of aromatic nitrogens is 2. The Bertz CT molecular complexity index is 688. The van der Waals surface area contributed by atoms with Gasteiger partial charge in [-0.3, -0.25) is 0 Å². The monoisotopic (exact) mass is 315 g/mol. The second kappa shape index (κ2) is 6.32. The summed E-state index contributed by atoms with van der Waals surface area (Å²) < 4.78 is 5.30. The summed E-state index contributed by atoms with van der Waals surface area (Å²) >= 11 is 0. The number of rotatable bonds is 4. The lowest BCUT2D eigenvalue weighted by molar-refractivity contribution is 0.0919. The first-order chi connectivity index (χ1) is 11.1. The Hall–Kier alpha value is -1.88. The molecule has 0 bridgehead atoms. The minimum Gasteiger partial charge on any atom is -0.497 e. The number of piperidine rings is 1. The van der Waals surface area contributed by atoms with Crippen molar-refractivity contribution in [3.63, 3.8) is 0 Å². The largest absolute Gasteiger partial charge is 0.497 e. The molecule has 0 radical (unpaired) electrons. The van der Waals surface area contributed by atoms with Crippen molar-refractivity contribution in [3.8, 4) is 5.75 Å². The molecule has 1 N–H and O–H groups in total. The third-order valence-electron chi connectivity index (χ3n) is 5.28. The summed E-state index contributed by atoms with van der Waals surface area (Å²) in [6.45, 7) is 6.24. The molecule has 1 fully saturated rings. The highest BCUT2D eigenvalue weighted by Gasteiger charge is 2.33. The van der Waals surface area contributed by atoms with Gasteiger partial charge in [-0.25, -0.2) is 9.97 Å². The van der Waals surface area contributed by atoms with Crippen LogP contribution >= 0.6 is 0 Å². The molecule has 1 saturated heterocycles. The standard InChI is InChI=1S/C18H25N3O2/c1-4-18(12-22)7-9-21(10-8-18)17-19-13(2)15-6-5-14(23-3)11-16(15)20-17/h5-6,11,22H,4,7-10,12H2,1-3H3. The van der Waals surface area contributed by atoms with E-state index < -0.39 is 0 Å². The molecule has 0 aliphatic carbocycles. The summed E-state index contributed by atoms with van der Waals surface area (Å²) in [7, 11) is 1.67. The highest BCUT2D eigenvalue weighted by Crippen LogP contribution is 2.35. The van der Waals surface area contributed by atoms with Crippen LogP contribution in [0, 0.1) is 12.3 Å². The van der Waals surface area contributed by atoms with E-state index in [1.54, 1.807) is 7.11 Å². The molecular formula is C18H25N3O2. The van der Waals surface area contributed by atoms with Crippen LogP contribution in [0.3, 0.4) is 0 Å². The topological polar surface area (TPSA) is 58.5 Å². The number of fused-ring (bicyclic) bond motifs is 1. The number of aliphatic hydroxyl groups excluding tert-OH is 1. The zero-order valence-corrected chi connectivity index (χ0v) is 14.2. The summed E-state index contributed by atoms with van der Waals surface area (Å²) in [5.74, 6) is 1.59. The van der Waals surface area contributed by atoms with Crippen molar-refractivity contribution in [1.82, 2.24) is 9.97 Å². The van der Waals surface area contributed by atoms with Crippen molar-refractivity contribution in [2.24, 2.45) is 5.41 Å². The van der Waals surface area contributed by atoms with Crippen LogP contribution < -0.4 is 9.64 Å². The van der Waals surface area contributed by atoms with Crippen LogP contribution in [0.25, 0.3) is 10.9 Å². The Balaban J connectivity index is 1.89. The molecule has 1 aromatic heterocycles. The lowest BCUT2D eigenvalue weighted by atomic mass is 9.77. The van der Waals surface area contributed by atoms with E-state index >= 15 is 0 Å². The van der Waals surface area contributed by atoms with Crippen LogP contribution in [0.4, 0.5) is 5.95 Å². The predicted octanol–water partition coefficient (Wildman–Crippen LogP) is 2.94. The van der Waals surface area contributed by atoms with Crippen LogP contribution in [-0.4, -0.2) is 41.9 Å². The van der Waals surface area contributed by atoms with Gasteiger partial charge in [0.2, 0.25) is 5.95 Å². The molecule has 2 heterocycles. The molecule has 1 aliphatic heterocycles. The van der Waals surface area contributed by atoms with E-state index in [-0.39, 0.29) is 12.0 Å². The van der Waals surface area contributed by atoms with E-state index in [9.17, 15) is 5.11 Å². The quantitative estimate of drug-likeness (QED) is 0.940. The number of anilines is 1. The number of ether oxygens (including phenoxy) is 1. The zero-order chi connectivity index (χ0) is 16.4. The lowest BCUT2D eigenvalue weighted by Crippen LogP contribution is -2.42. The first kappa shape index (κ1) is 16.0. The maximum absolute atomic E-state index is 9.68. The highest BCUT2D eigenvalue weighted by molar-refractivity contribution is 5.83. The number of benzene rings is 1. The van der Waals surface area contributed by atoms with E-state index in [0.29, 0.717) is 0 Å². The van der Waals surface area contributed by atoms with Gasteiger partial charge in [-0.2, -0.15) is 0 Å². The molecule has 124 valence electrons. The second-order valence-electron chi connectivity index (χ2n) is 6.49. The Morgan fingerprint density at radius 3 is 2.61 bits per heavy atom. The van der Waals surface area contributed by atoms with Crippen LogP contribution in [0.1, 0.15) is 31.9 Å². The van der Waals surface area contributed by atoms with Gasteiger partial charge in [-0.1, -0.05) is 6.92 Å². The molecule has 2 aromatic rings.